The van der Waals surface area contributed by atoms with E-state index >= 15 is 0 Å². The Morgan fingerprint density at radius 2 is 2.00 bits per heavy atom. The second-order valence-corrected chi connectivity index (χ2v) is 5.47. The molecule has 2 N–H and O–H groups in total. The van der Waals surface area contributed by atoms with Crippen molar-refractivity contribution in [2.75, 3.05) is 7.05 Å². The lowest BCUT2D eigenvalue weighted by Gasteiger charge is -2.36. The Morgan fingerprint density at radius 3 is 2.53 bits per heavy atom. The van der Waals surface area contributed by atoms with Crippen molar-refractivity contribution in [2.45, 2.75) is 44.2 Å². The summed E-state index contributed by atoms with van der Waals surface area (Å²) in [5.41, 5.74) is 1.33. The monoisotopic (exact) mass is 253 g/mol. The maximum absolute atomic E-state index is 10.7. The molecule has 0 aromatic heterocycles. The molecule has 0 heterocycles. The maximum Gasteiger partial charge on any atom is 0.0898 e. The van der Waals surface area contributed by atoms with E-state index in [0.29, 0.717) is 6.04 Å². The number of aryl methyl sites for hydroxylation is 1. The number of nitrogens with one attached hydrogen (secondary N) is 1. The van der Waals surface area contributed by atoms with Gasteiger partial charge in [-0.05, 0) is 56.8 Å². The van der Waals surface area contributed by atoms with Gasteiger partial charge in [0.1, 0.15) is 0 Å². The van der Waals surface area contributed by atoms with Gasteiger partial charge < -0.3 is 10.4 Å². The largest absolute Gasteiger partial charge is 0.385 e. The zero-order valence-electron chi connectivity index (χ0n) is 10.5. The average molecular weight is 254 g/mol. The molecule has 0 spiro atoms. The SMILES string of the molecule is CNC1CCC(O)(c2ccc(C)c(Cl)c2)CC1. The van der Waals surface area contributed by atoms with Gasteiger partial charge in [0.25, 0.3) is 0 Å². The molecule has 0 aliphatic heterocycles. The molecule has 0 saturated heterocycles. The van der Waals surface area contributed by atoms with Gasteiger partial charge in [0.15, 0.2) is 0 Å². The minimum atomic E-state index is -0.690. The van der Waals surface area contributed by atoms with Gasteiger partial charge in [-0.15, -0.1) is 0 Å². The van der Waals surface area contributed by atoms with Crippen LogP contribution in [-0.2, 0) is 5.60 Å². The second kappa shape index (κ2) is 4.97. The third kappa shape index (κ3) is 2.65. The van der Waals surface area contributed by atoms with Crippen LogP contribution in [0.1, 0.15) is 36.8 Å². The summed E-state index contributed by atoms with van der Waals surface area (Å²) in [5, 5.41) is 14.7. The zero-order valence-corrected chi connectivity index (χ0v) is 11.2. The highest BCUT2D eigenvalue weighted by molar-refractivity contribution is 6.31. The number of hydrogen-bond donors (Lipinski definition) is 2. The van der Waals surface area contributed by atoms with Crippen molar-refractivity contribution < 1.29 is 5.11 Å². The average Bonchev–Trinajstić information content (AvgIpc) is 2.33. The van der Waals surface area contributed by atoms with Crippen molar-refractivity contribution in [3.8, 4) is 0 Å². The van der Waals surface area contributed by atoms with E-state index in [4.69, 9.17) is 11.6 Å². The minimum absolute atomic E-state index is 0.538. The molecule has 1 aliphatic carbocycles. The molecule has 1 aromatic rings. The van der Waals surface area contributed by atoms with Crippen LogP contribution < -0.4 is 5.32 Å². The van der Waals surface area contributed by atoms with E-state index in [2.05, 4.69) is 5.32 Å². The van der Waals surface area contributed by atoms with Crippen LogP contribution in [-0.4, -0.2) is 18.2 Å². The van der Waals surface area contributed by atoms with E-state index < -0.39 is 5.60 Å². The minimum Gasteiger partial charge on any atom is -0.385 e. The van der Waals surface area contributed by atoms with E-state index in [0.717, 1.165) is 41.8 Å². The molecule has 2 rings (SSSR count). The van der Waals surface area contributed by atoms with Gasteiger partial charge in [-0.2, -0.15) is 0 Å². The topological polar surface area (TPSA) is 32.3 Å². The molecule has 1 saturated carbocycles. The Labute approximate surface area is 108 Å². The van der Waals surface area contributed by atoms with Gasteiger partial charge in [-0.1, -0.05) is 23.7 Å². The standard InChI is InChI=1S/C14H20ClNO/c1-10-3-4-11(9-13(10)15)14(17)7-5-12(16-2)6-8-14/h3-4,9,12,16-17H,5-8H2,1-2H3. The lowest BCUT2D eigenvalue weighted by Crippen LogP contribution is -2.38. The summed E-state index contributed by atoms with van der Waals surface area (Å²) in [6.07, 6.45) is 3.63. The molecule has 3 heteroatoms. The first-order valence-electron chi connectivity index (χ1n) is 6.21. The fraction of sp³-hybridized carbons (Fsp3) is 0.571. The number of benzene rings is 1. The van der Waals surface area contributed by atoms with Crippen LogP contribution in [0.5, 0.6) is 0 Å². The first kappa shape index (κ1) is 12.9. The van der Waals surface area contributed by atoms with E-state index in [-0.39, 0.29) is 0 Å². The highest BCUT2D eigenvalue weighted by Crippen LogP contribution is 2.38. The highest BCUT2D eigenvalue weighted by atomic mass is 35.5. The van der Waals surface area contributed by atoms with Gasteiger partial charge in [-0.25, -0.2) is 0 Å². The Morgan fingerprint density at radius 1 is 1.35 bits per heavy atom. The molecule has 2 nitrogen and oxygen atoms in total. The van der Waals surface area contributed by atoms with Crippen LogP contribution in [0, 0.1) is 6.92 Å². The molecule has 0 unspecified atom stereocenters. The summed E-state index contributed by atoms with van der Waals surface area (Å²) in [4.78, 5) is 0. The Balaban J connectivity index is 2.18. The predicted molar refractivity (Wildman–Crippen MR) is 71.4 cm³/mol. The third-order valence-electron chi connectivity index (χ3n) is 3.93. The number of aliphatic hydroxyl groups is 1. The molecule has 94 valence electrons. The van der Waals surface area contributed by atoms with Gasteiger partial charge in [0.2, 0.25) is 0 Å². The number of hydrogen-bond acceptors (Lipinski definition) is 2. The van der Waals surface area contributed by atoms with Crippen molar-refractivity contribution in [3.05, 3.63) is 34.3 Å². The number of halogens is 1. The van der Waals surface area contributed by atoms with Crippen molar-refractivity contribution in [2.24, 2.45) is 0 Å². The summed E-state index contributed by atoms with van der Waals surface area (Å²) >= 11 is 6.13. The normalized spacial score (nSPS) is 29.3. The van der Waals surface area contributed by atoms with Crippen molar-refractivity contribution >= 4 is 11.6 Å². The summed E-state index contributed by atoms with van der Waals surface area (Å²) in [7, 11) is 1.98. The van der Waals surface area contributed by atoms with E-state index in [1.165, 1.54) is 0 Å². The molecular formula is C14H20ClNO. The van der Waals surface area contributed by atoms with Crippen LogP contribution in [0.4, 0.5) is 0 Å². The van der Waals surface area contributed by atoms with Crippen molar-refractivity contribution in [1.82, 2.24) is 5.32 Å². The van der Waals surface area contributed by atoms with Crippen molar-refractivity contribution in [1.29, 1.82) is 0 Å². The van der Waals surface area contributed by atoms with E-state index in [1.807, 2.05) is 32.2 Å². The summed E-state index contributed by atoms with van der Waals surface area (Å²) in [5.74, 6) is 0. The van der Waals surface area contributed by atoms with Crippen LogP contribution in [0.15, 0.2) is 18.2 Å². The third-order valence-corrected chi connectivity index (χ3v) is 4.34. The zero-order chi connectivity index (χ0) is 12.5. The fourth-order valence-corrected chi connectivity index (χ4v) is 2.74. The predicted octanol–water partition coefficient (Wildman–Crippen LogP) is 3.00. The second-order valence-electron chi connectivity index (χ2n) is 5.06. The van der Waals surface area contributed by atoms with Gasteiger partial charge in [0.05, 0.1) is 5.60 Å². The first-order valence-corrected chi connectivity index (χ1v) is 6.59. The molecule has 0 amide bonds. The molecule has 17 heavy (non-hydrogen) atoms. The van der Waals surface area contributed by atoms with Gasteiger partial charge in [-0.3, -0.25) is 0 Å². The lowest BCUT2D eigenvalue weighted by atomic mass is 9.77. The van der Waals surface area contributed by atoms with Crippen LogP contribution in [0.2, 0.25) is 5.02 Å². The molecular weight excluding hydrogens is 234 g/mol. The summed E-state index contributed by atoms with van der Waals surface area (Å²) < 4.78 is 0. The van der Waals surface area contributed by atoms with E-state index in [1.54, 1.807) is 0 Å². The van der Waals surface area contributed by atoms with Crippen LogP contribution >= 0.6 is 11.6 Å². The molecule has 1 aromatic carbocycles. The van der Waals surface area contributed by atoms with Crippen molar-refractivity contribution in [3.63, 3.8) is 0 Å². The van der Waals surface area contributed by atoms with E-state index in [9.17, 15) is 5.11 Å². The molecule has 1 aliphatic rings. The van der Waals surface area contributed by atoms with Gasteiger partial charge in [0, 0.05) is 11.1 Å². The Kier molecular flexibility index (Phi) is 3.76. The molecule has 0 radical (unpaired) electrons. The Bertz CT molecular complexity index is 397. The molecule has 0 atom stereocenters. The smallest absolute Gasteiger partial charge is 0.0898 e. The maximum atomic E-state index is 10.7. The van der Waals surface area contributed by atoms with Crippen LogP contribution in [0.3, 0.4) is 0 Å². The summed E-state index contributed by atoms with van der Waals surface area (Å²) in [6.45, 7) is 1.98. The quantitative estimate of drug-likeness (QED) is 0.849. The fourth-order valence-electron chi connectivity index (χ4n) is 2.56. The summed E-state index contributed by atoms with van der Waals surface area (Å²) in [6, 6.07) is 6.44. The lowest BCUT2D eigenvalue weighted by molar-refractivity contribution is -0.00763. The number of rotatable bonds is 2. The Hall–Kier alpha value is -0.570. The highest BCUT2D eigenvalue weighted by Gasteiger charge is 2.34. The van der Waals surface area contributed by atoms with Crippen LogP contribution in [0.25, 0.3) is 0 Å². The molecule has 1 fully saturated rings. The van der Waals surface area contributed by atoms with Gasteiger partial charge >= 0.3 is 0 Å². The molecule has 0 bridgehead atoms. The first-order chi connectivity index (χ1) is 8.05.